The first kappa shape index (κ1) is 19.0. The molecule has 8 heteroatoms. The van der Waals surface area contributed by atoms with Gasteiger partial charge in [-0.2, -0.15) is 0 Å². The molecule has 1 heterocycles. The van der Waals surface area contributed by atoms with E-state index in [2.05, 4.69) is 5.32 Å². The molecule has 1 aromatic carbocycles. The third-order valence-corrected chi connectivity index (χ3v) is 3.87. The Bertz CT molecular complexity index is 874. The molecule has 0 aliphatic heterocycles. The SMILES string of the molecule is COc1ccc(C(CC(=O)O)NC(=O)c2ccn(C)c(=O)c2)c(OC)c1. The summed E-state index contributed by atoms with van der Waals surface area (Å²) < 4.78 is 11.8. The number of ether oxygens (including phenoxy) is 2. The molecule has 138 valence electrons. The Balaban J connectivity index is 2.35. The summed E-state index contributed by atoms with van der Waals surface area (Å²) >= 11 is 0. The molecule has 0 aliphatic carbocycles. The fraction of sp³-hybridized carbons (Fsp3) is 0.278. The average Bonchev–Trinajstić information content (AvgIpc) is 2.62. The number of hydrogen-bond acceptors (Lipinski definition) is 5. The Hall–Kier alpha value is -3.29. The minimum absolute atomic E-state index is 0.149. The van der Waals surface area contributed by atoms with Gasteiger partial charge in [-0.15, -0.1) is 0 Å². The molecule has 0 bridgehead atoms. The average molecular weight is 360 g/mol. The van der Waals surface area contributed by atoms with Gasteiger partial charge in [0.2, 0.25) is 0 Å². The molecule has 2 N–H and O–H groups in total. The van der Waals surface area contributed by atoms with Crippen LogP contribution < -0.4 is 20.3 Å². The highest BCUT2D eigenvalue weighted by Gasteiger charge is 2.23. The number of nitrogens with one attached hydrogen (secondary N) is 1. The molecule has 0 saturated heterocycles. The smallest absolute Gasteiger partial charge is 0.305 e. The Morgan fingerprint density at radius 2 is 1.92 bits per heavy atom. The highest BCUT2D eigenvalue weighted by molar-refractivity contribution is 5.94. The van der Waals surface area contributed by atoms with Gasteiger partial charge in [0.05, 0.1) is 26.7 Å². The summed E-state index contributed by atoms with van der Waals surface area (Å²) in [5.74, 6) is -0.707. The van der Waals surface area contributed by atoms with Crippen molar-refractivity contribution < 1.29 is 24.2 Å². The molecule has 1 aromatic heterocycles. The second-order valence-electron chi connectivity index (χ2n) is 5.60. The van der Waals surface area contributed by atoms with Crippen LogP contribution in [0.1, 0.15) is 28.4 Å². The van der Waals surface area contributed by atoms with E-state index in [-0.39, 0.29) is 17.5 Å². The zero-order valence-corrected chi connectivity index (χ0v) is 14.7. The summed E-state index contributed by atoms with van der Waals surface area (Å²) in [6.45, 7) is 0. The van der Waals surface area contributed by atoms with Crippen molar-refractivity contribution >= 4 is 11.9 Å². The van der Waals surface area contributed by atoms with Crippen LogP contribution in [0.3, 0.4) is 0 Å². The van der Waals surface area contributed by atoms with Gasteiger partial charge >= 0.3 is 5.97 Å². The van der Waals surface area contributed by atoms with E-state index in [9.17, 15) is 19.5 Å². The summed E-state index contributed by atoms with van der Waals surface area (Å²) in [5, 5.41) is 11.9. The van der Waals surface area contributed by atoms with Crippen LogP contribution in [0.2, 0.25) is 0 Å². The van der Waals surface area contributed by atoms with E-state index < -0.39 is 17.9 Å². The van der Waals surface area contributed by atoms with Gasteiger partial charge in [0, 0.05) is 36.5 Å². The number of pyridine rings is 1. The number of carbonyl (C=O) groups excluding carboxylic acids is 1. The Morgan fingerprint density at radius 1 is 1.19 bits per heavy atom. The third kappa shape index (κ3) is 4.41. The molecule has 1 atom stereocenters. The number of rotatable bonds is 7. The van der Waals surface area contributed by atoms with Crippen molar-refractivity contribution in [2.45, 2.75) is 12.5 Å². The monoisotopic (exact) mass is 360 g/mol. The number of aromatic nitrogens is 1. The number of hydrogen-bond donors (Lipinski definition) is 2. The number of carboxylic acids is 1. The van der Waals surface area contributed by atoms with Crippen LogP contribution in [0.15, 0.2) is 41.3 Å². The van der Waals surface area contributed by atoms with E-state index in [1.165, 1.54) is 37.1 Å². The molecular weight excluding hydrogens is 340 g/mol. The molecule has 26 heavy (non-hydrogen) atoms. The quantitative estimate of drug-likeness (QED) is 0.772. The lowest BCUT2D eigenvalue weighted by atomic mass is 10.0. The molecular formula is C18H20N2O6. The molecule has 1 unspecified atom stereocenters. The number of aryl methyl sites for hydroxylation is 1. The topological polar surface area (TPSA) is 107 Å². The highest BCUT2D eigenvalue weighted by atomic mass is 16.5. The molecule has 0 aliphatic rings. The number of carboxylic acid groups (broad SMARTS) is 1. The van der Waals surface area contributed by atoms with Gasteiger partial charge in [-0.3, -0.25) is 14.4 Å². The molecule has 8 nitrogen and oxygen atoms in total. The predicted octanol–water partition coefficient (Wildman–Crippen LogP) is 1.35. The van der Waals surface area contributed by atoms with E-state index in [0.717, 1.165) is 0 Å². The first-order chi connectivity index (χ1) is 12.3. The molecule has 1 amide bonds. The lowest BCUT2D eigenvalue weighted by molar-refractivity contribution is -0.137. The summed E-state index contributed by atoms with van der Waals surface area (Å²) in [6, 6.07) is 6.73. The maximum Gasteiger partial charge on any atom is 0.305 e. The van der Waals surface area contributed by atoms with Crippen LogP contribution in [0.5, 0.6) is 11.5 Å². The number of methoxy groups -OCH3 is 2. The van der Waals surface area contributed by atoms with Crippen molar-refractivity contribution in [3.05, 3.63) is 58.0 Å². The van der Waals surface area contributed by atoms with Crippen LogP contribution in [0, 0.1) is 0 Å². The van der Waals surface area contributed by atoms with Crippen molar-refractivity contribution in [1.29, 1.82) is 0 Å². The second kappa shape index (κ2) is 8.19. The number of benzene rings is 1. The van der Waals surface area contributed by atoms with Crippen LogP contribution in [-0.4, -0.2) is 35.8 Å². The largest absolute Gasteiger partial charge is 0.497 e. The fourth-order valence-corrected chi connectivity index (χ4v) is 2.45. The van der Waals surface area contributed by atoms with Crippen molar-refractivity contribution in [3.8, 4) is 11.5 Å². The predicted molar refractivity (Wildman–Crippen MR) is 93.7 cm³/mol. The van der Waals surface area contributed by atoms with Gasteiger partial charge in [0.15, 0.2) is 0 Å². The molecule has 0 radical (unpaired) electrons. The van der Waals surface area contributed by atoms with Crippen LogP contribution >= 0.6 is 0 Å². The number of carbonyl (C=O) groups is 2. The summed E-state index contributed by atoms with van der Waals surface area (Å²) in [6.07, 6.45) is 1.12. The zero-order chi connectivity index (χ0) is 19.3. The summed E-state index contributed by atoms with van der Waals surface area (Å²) in [7, 11) is 4.51. The molecule has 0 saturated carbocycles. The van der Waals surface area contributed by atoms with Crippen molar-refractivity contribution in [2.24, 2.45) is 7.05 Å². The van der Waals surface area contributed by atoms with Gasteiger partial charge in [0.1, 0.15) is 11.5 Å². The summed E-state index contributed by atoms with van der Waals surface area (Å²) in [4.78, 5) is 35.4. The maximum atomic E-state index is 12.5. The van der Waals surface area contributed by atoms with Gasteiger partial charge < -0.3 is 24.5 Å². The van der Waals surface area contributed by atoms with Crippen molar-refractivity contribution in [2.75, 3.05) is 14.2 Å². The Labute approximate surface area is 150 Å². The first-order valence-electron chi connectivity index (χ1n) is 7.77. The Kier molecular flexibility index (Phi) is 6.00. The van der Waals surface area contributed by atoms with E-state index >= 15 is 0 Å². The van der Waals surface area contributed by atoms with Crippen LogP contribution in [0.4, 0.5) is 0 Å². The first-order valence-corrected chi connectivity index (χ1v) is 7.77. The van der Waals surface area contributed by atoms with Gasteiger partial charge in [-0.05, 0) is 18.2 Å². The number of amides is 1. The van der Waals surface area contributed by atoms with Gasteiger partial charge in [0.25, 0.3) is 11.5 Å². The molecule has 0 fully saturated rings. The van der Waals surface area contributed by atoms with Crippen molar-refractivity contribution in [3.63, 3.8) is 0 Å². The molecule has 2 rings (SSSR count). The van der Waals surface area contributed by atoms with E-state index in [1.54, 1.807) is 25.2 Å². The fourth-order valence-electron chi connectivity index (χ4n) is 2.45. The molecule has 0 spiro atoms. The van der Waals surface area contributed by atoms with Crippen LogP contribution in [-0.2, 0) is 11.8 Å². The standard InChI is InChI=1S/C18H20N2O6/c1-20-7-6-11(8-16(20)21)18(24)19-14(10-17(22)23)13-5-4-12(25-2)9-15(13)26-3/h4-9,14H,10H2,1-3H3,(H,19,24)(H,22,23). The number of aliphatic carboxylic acids is 1. The minimum Gasteiger partial charge on any atom is -0.497 e. The van der Waals surface area contributed by atoms with E-state index in [1.807, 2.05) is 0 Å². The highest BCUT2D eigenvalue weighted by Crippen LogP contribution is 2.31. The second-order valence-corrected chi connectivity index (χ2v) is 5.60. The maximum absolute atomic E-state index is 12.5. The van der Waals surface area contributed by atoms with E-state index in [0.29, 0.717) is 17.1 Å². The number of nitrogens with zero attached hydrogens (tertiary/aromatic N) is 1. The lowest BCUT2D eigenvalue weighted by Crippen LogP contribution is -2.31. The van der Waals surface area contributed by atoms with Gasteiger partial charge in [-0.1, -0.05) is 0 Å². The lowest BCUT2D eigenvalue weighted by Gasteiger charge is -2.20. The minimum atomic E-state index is -1.09. The zero-order valence-electron chi connectivity index (χ0n) is 14.7. The van der Waals surface area contributed by atoms with Crippen LogP contribution in [0.25, 0.3) is 0 Å². The normalized spacial score (nSPS) is 11.5. The van der Waals surface area contributed by atoms with Gasteiger partial charge in [-0.25, -0.2) is 0 Å². The van der Waals surface area contributed by atoms with Crippen molar-refractivity contribution in [1.82, 2.24) is 9.88 Å². The third-order valence-electron chi connectivity index (χ3n) is 3.87. The van der Waals surface area contributed by atoms with E-state index in [4.69, 9.17) is 9.47 Å². The molecule has 2 aromatic rings. The summed E-state index contributed by atoms with van der Waals surface area (Å²) in [5.41, 5.74) is 0.304. The Morgan fingerprint density at radius 3 is 2.50 bits per heavy atom.